The number of piperidine rings is 1. The van der Waals surface area contributed by atoms with Crippen LogP contribution in [0.25, 0.3) is 11.3 Å². The van der Waals surface area contributed by atoms with Crippen molar-refractivity contribution in [3.8, 4) is 11.3 Å². The number of hydrogen-bond acceptors (Lipinski definition) is 12. The Morgan fingerprint density at radius 1 is 0.919 bits per heavy atom. The van der Waals surface area contributed by atoms with E-state index in [1.807, 2.05) is 45.2 Å². The van der Waals surface area contributed by atoms with Crippen LogP contribution in [0.4, 0.5) is 0 Å². The lowest BCUT2D eigenvalue weighted by Gasteiger charge is -2.47. The average molecular weight is 1050 g/mol. The molecule has 2 N–H and O–H groups in total. The highest BCUT2D eigenvalue weighted by atomic mass is 28.4. The molecular formula is C59H91N3O11Si. The van der Waals surface area contributed by atoms with Crippen LogP contribution in [0.1, 0.15) is 139 Å². The number of H-pyrrole nitrogens is 1. The molecule has 6 rings (SSSR count). The SMILES string of the molecule is CCC1/C=C(\C)CC(C)CC(OC)C2OC(O)(C(=O)C(=O)N3CCCCC3C(=O)OC(C(C)=CC3CCC(Cc4nc(-c5ccccc5)c[nH]4)C(OC)C3)C(C)C(O[Si](C)(C)C(C)(C)C)CC1=O)C(C)CC2OC. The van der Waals surface area contributed by atoms with Gasteiger partial charge in [0.25, 0.3) is 11.7 Å². The largest absolute Gasteiger partial charge is 0.456 e. The van der Waals surface area contributed by atoms with Crippen molar-refractivity contribution in [1.82, 2.24) is 14.9 Å². The number of hydrogen-bond donors (Lipinski definition) is 2. The number of ketones is 2. The number of amides is 1. The van der Waals surface area contributed by atoms with E-state index in [1.165, 1.54) is 4.90 Å². The van der Waals surface area contributed by atoms with Gasteiger partial charge in [0.15, 0.2) is 8.32 Å². The van der Waals surface area contributed by atoms with E-state index in [-0.39, 0.29) is 66.4 Å². The van der Waals surface area contributed by atoms with Crippen LogP contribution in [0.3, 0.4) is 0 Å². The van der Waals surface area contributed by atoms with Gasteiger partial charge in [-0.3, -0.25) is 14.4 Å². The minimum Gasteiger partial charge on any atom is -0.456 e. The van der Waals surface area contributed by atoms with Gasteiger partial charge >= 0.3 is 5.97 Å². The molecule has 3 aliphatic heterocycles. The van der Waals surface area contributed by atoms with Crippen LogP contribution in [0, 0.1) is 35.5 Å². The Labute approximate surface area is 443 Å². The van der Waals surface area contributed by atoms with Crippen molar-refractivity contribution < 1.29 is 52.4 Å². The first-order valence-electron chi connectivity index (χ1n) is 27.6. The second kappa shape index (κ2) is 25.5. The summed E-state index contributed by atoms with van der Waals surface area (Å²) >= 11 is 0. The lowest BCUT2D eigenvalue weighted by atomic mass is 9.76. The topological polar surface area (TPSA) is 176 Å². The van der Waals surface area contributed by atoms with Gasteiger partial charge in [0.1, 0.15) is 29.9 Å². The van der Waals surface area contributed by atoms with E-state index in [2.05, 4.69) is 77.0 Å². The first-order valence-corrected chi connectivity index (χ1v) is 30.6. The van der Waals surface area contributed by atoms with Gasteiger partial charge < -0.3 is 43.1 Å². The zero-order chi connectivity index (χ0) is 54.3. The molecule has 74 heavy (non-hydrogen) atoms. The summed E-state index contributed by atoms with van der Waals surface area (Å²) in [6.45, 7) is 22.9. The lowest BCUT2D eigenvalue weighted by molar-refractivity contribution is -0.302. The molecule has 1 aromatic heterocycles. The molecule has 1 aliphatic carbocycles. The minimum absolute atomic E-state index is 0.0460. The molecule has 14 atom stereocenters. The third-order valence-corrected chi connectivity index (χ3v) is 21.9. The van der Waals surface area contributed by atoms with Crippen LogP contribution < -0.4 is 0 Å². The van der Waals surface area contributed by atoms with Crippen molar-refractivity contribution in [3.05, 3.63) is 65.7 Å². The maximum Gasteiger partial charge on any atom is 0.329 e. The van der Waals surface area contributed by atoms with E-state index in [4.69, 9.17) is 33.1 Å². The average Bonchev–Trinajstić information content (AvgIpc) is 3.84. The summed E-state index contributed by atoms with van der Waals surface area (Å²) in [6.07, 6.45) is 9.53. The van der Waals surface area contributed by atoms with E-state index >= 15 is 4.79 Å². The van der Waals surface area contributed by atoms with Crippen molar-refractivity contribution in [3.63, 3.8) is 0 Å². The van der Waals surface area contributed by atoms with Gasteiger partial charge in [-0.2, -0.15) is 0 Å². The van der Waals surface area contributed by atoms with Crippen LogP contribution in [-0.2, 0) is 53.7 Å². The standard InChI is InChI=1S/C59H91N3O11Si/c1-15-42-28-36(2)27-37(3)29-50(69-11)54-51(70-12)31-39(5)59(67,72-54)55(64)56(65)62-26-20-19-23-46(62)57(66)71-53(40(6)48(34-47(42)63)73-74(13,14)58(7,8)9)38(4)30-41-24-25-44(49(32-41)68-10)33-52-60-35-45(61-52)43-21-17-16-18-22-43/h16-18,21-22,28,30,35,37,39-42,44,46,48-51,53-54,67H,15,19-20,23-27,29,31-34H2,1-14H3,(H,60,61)/b36-28+,38-30?. The molecule has 15 heteroatoms. The van der Waals surface area contributed by atoms with E-state index < -0.39 is 80.2 Å². The molecule has 0 radical (unpaired) electrons. The van der Waals surface area contributed by atoms with Crippen LogP contribution in [0.15, 0.2) is 59.8 Å². The van der Waals surface area contributed by atoms with Crippen molar-refractivity contribution in [2.75, 3.05) is 27.9 Å². The smallest absolute Gasteiger partial charge is 0.329 e. The fourth-order valence-electron chi connectivity index (χ4n) is 11.9. The van der Waals surface area contributed by atoms with Crippen molar-refractivity contribution >= 4 is 31.8 Å². The normalized spacial score (nSPS) is 34.8. The molecule has 1 saturated carbocycles. The second-order valence-corrected chi connectivity index (χ2v) is 28.8. The highest BCUT2D eigenvalue weighted by molar-refractivity contribution is 6.74. The van der Waals surface area contributed by atoms with Gasteiger partial charge in [0, 0.05) is 70.2 Å². The zero-order valence-electron chi connectivity index (χ0n) is 47.2. The maximum absolute atomic E-state index is 15.1. The Balaban J connectivity index is 1.38. The summed E-state index contributed by atoms with van der Waals surface area (Å²) in [5, 5.41) is 12.1. The first kappa shape index (κ1) is 59.4. The fraction of sp³-hybridized carbons (Fsp3) is 0.712. The number of esters is 1. The van der Waals surface area contributed by atoms with E-state index in [9.17, 15) is 19.5 Å². The number of aliphatic hydroxyl groups is 1. The number of rotatable bonds is 11. The predicted molar refractivity (Wildman–Crippen MR) is 289 cm³/mol. The number of benzene rings is 1. The third kappa shape index (κ3) is 14.0. The number of nitrogens with zero attached hydrogens (tertiary/aromatic N) is 2. The molecule has 14 nitrogen and oxygen atoms in total. The molecule has 3 fully saturated rings. The number of fused-ring (bicyclic) bond motifs is 3. The van der Waals surface area contributed by atoms with Crippen LogP contribution >= 0.6 is 0 Å². The lowest BCUT2D eigenvalue weighted by Crippen LogP contribution is -2.64. The predicted octanol–water partition coefficient (Wildman–Crippen LogP) is 10.4. The number of imidazole rings is 1. The number of ether oxygens (including phenoxy) is 5. The molecule has 412 valence electrons. The molecule has 1 aromatic carbocycles. The highest BCUT2D eigenvalue weighted by Gasteiger charge is 2.57. The first-order chi connectivity index (χ1) is 34.9. The molecule has 2 bridgehead atoms. The third-order valence-electron chi connectivity index (χ3n) is 17.4. The van der Waals surface area contributed by atoms with Gasteiger partial charge in [0.2, 0.25) is 5.79 Å². The van der Waals surface area contributed by atoms with Crippen LogP contribution in [-0.4, -0.2) is 128 Å². The Bertz CT molecular complexity index is 2270. The Morgan fingerprint density at radius 3 is 2.24 bits per heavy atom. The molecule has 14 unspecified atom stereocenters. The summed E-state index contributed by atoms with van der Waals surface area (Å²) in [5.41, 5.74) is 3.85. The van der Waals surface area contributed by atoms with Gasteiger partial charge in [-0.25, -0.2) is 9.78 Å². The van der Waals surface area contributed by atoms with Crippen LogP contribution in [0.5, 0.6) is 0 Å². The second-order valence-electron chi connectivity index (χ2n) is 24.0. The molecule has 0 spiro atoms. The number of methoxy groups -OCH3 is 3. The number of aromatic nitrogens is 2. The number of carbonyl (C=O) groups excluding carboxylic acids is 4. The molecule has 1 amide bonds. The zero-order valence-corrected chi connectivity index (χ0v) is 48.2. The van der Waals surface area contributed by atoms with Crippen LogP contribution in [0.2, 0.25) is 18.1 Å². The van der Waals surface area contributed by atoms with Gasteiger partial charge in [-0.1, -0.05) is 96.5 Å². The quantitative estimate of drug-likeness (QED) is 0.0944. The van der Waals surface area contributed by atoms with E-state index in [0.29, 0.717) is 32.1 Å². The van der Waals surface area contributed by atoms with Crippen molar-refractivity contribution in [2.24, 2.45) is 35.5 Å². The number of Topliss-reactive ketones (excluding diaryl/α,β-unsaturated/α-hetero) is 2. The summed E-state index contributed by atoms with van der Waals surface area (Å²) in [7, 11) is 2.34. The van der Waals surface area contributed by atoms with Crippen molar-refractivity contribution in [2.45, 2.75) is 206 Å². The number of cyclic esters (lactones) is 1. The van der Waals surface area contributed by atoms with Gasteiger partial charge in [-0.05, 0) is 120 Å². The molecule has 2 aromatic rings. The molecule has 4 aliphatic rings. The van der Waals surface area contributed by atoms with Crippen molar-refractivity contribution in [1.29, 1.82) is 0 Å². The molecule has 4 heterocycles. The van der Waals surface area contributed by atoms with E-state index in [0.717, 1.165) is 53.9 Å². The fourth-order valence-corrected chi connectivity index (χ4v) is 13.3. The Kier molecular flexibility index (Phi) is 20.5. The summed E-state index contributed by atoms with van der Waals surface area (Å²) in [4.78, 5) is 68.8. The number of aromatic amines is 1. The summed E-state index contributed by atoms with van der Waals surface area (Å²) in [6, 6.07) is 9.02. The Hall–Kier alpha value is -3.83. The number of carbonyl (C=O) groups is 4. The summed E-state index contributed by atoms with van der Waals surface area (Å²) < 4.78 is 38.6. The number of allylic oxidation sites excluding steroid dienone is 3. The monoisotopic (exact) mass is 1050 g/mol. The molecule has 2 saturated heterocycles. The highest BCUT2D eigenvalue weighted by Crippen LogP contribution is 2.42. The summed E-state index contributed by atoms with van der Waals surface area (Å²) in [5.74, 6) is -5.61. The Morgan fingerprint density at radius 2 is 1.59 bits per heavy atom. The van der Waals surface area contributed by atoms with Gasteiger partial charge in [-0.15, -0.1) is 0 Å². The maximum atomic E-state index is 15.1. The number of nitrogens with one attached hydrogen (secondary N) is 1. The minimum atomic E-state index is -2.55. The van der Waals surface area contributed by atoms with E-state index in [1.54, 1.807) is 28.3 Å². The van der Waals surface area contributed by atoms with Gasteiger partial charge in [0.05, 0.1) is 30.1 Å². The molecular weight excluding hydrogens is 955 g/mol.